The maximum atomic E-state index is 12.3. The van der Waals surface area contributed by atoms with E-state index in [-0.39, 0.29) is 30.8 Å². The number of carbonyl (C=O) groups excluding carboxylic acids is 1. The Morgan fingerprint density at radius 1 is 1.52 bits per heavy atom. The van der Waals surface area contributed by atoms with Crippen LogP contribution in [0.15, 0.2) is 29.4 Å². The summed E-state index contributed by atoms with van der Waals surface area (Å²) >= 11 is 9.27. The van der Waals surface area contributed by atoms with Crippen molar-refractivity contribution in [1.82, 2.24) is 14.2 Å². The minimum atomic E-state index is -3.52. The third-order valence-electron chi connectivity index (χ3n) is 3.96. The van der Waals surface area contributed by atoms with Gasteiger partial charge in [-0.3, -0.25) is 4.79 Å². The molecule has 0 saturated carbocycles. The first-order valence-corrected chi connectivity index (χ1v) is 10.4. The Morgan fingerprint density at radius 3 is 2.72 bits per heavy atom. The second-order valence-electron chi connectivity index (χ2n) is 5.70. The van der Waals surface area contributed by atoms with Gasteiger partial charge in [-0.1, -0.05) is 18.2 Å². The number of piperazine rings is 1. The van der Waals surface area contributed by atoms with Crippen LogP contribution in [-0.2, 0) is 19.6 Å². The summed E-state index contributed by atoms with van der Waals surface area (Å²) in [5.41, 5.74) is 0.648. The minimum absolute atomic E-state index is 0.120. The highest BCUT2D eigenvalue weighted by molar-refractivity contribution is 9.10. The number of pyridine rings is 1. The fourth-order valence-electron chi connectivity index (χ4n) is 2.90. The number of methoxy groups -OCH3 is 1. The van der Waals surface area contributed by atoms with Crippen molar-refractivity contribution in [3.05, 3.63) is 40.1 Å². The van der Waals surface area contributed by atoms with Crippen LogP contribution in [0.4, 0.5) is 0 Å². The second-order valence-corrected chi connectivity index (χ2v) is 8.83. The van der Waals surface area contributed by atoms with E-state index < -0.39 is 22.1 Å². The highest BCUT2D eigenvalue weighted by atomic mass is 79.9. The predicted molar refractivity (Wildman–Crippen MR) is 98.8 cm³/mol. The molecular formula is C15H19BrClN3O4S. The third kappa shape index (κ3) is 4.79. The Balaban J connectivity index is 2.49. The molecule has 0 radical (unpaired) electrons. The molecule has 7 nitrogen and oxygen atoms in total. The summed E-state index contributed by atoms with van der Waals surface area (Å²) in [5.74, 6) is -0.278. The van der Waals surface area contributed by atoms with E-state index in [1.165, 1.54) is 17.5 Å². The number of halogens is 2. The molecule has 1 amide bonds. The van der Waals surface area contributed by atoms with Crippen LogP contribution in [0, 0.1) is 0 Å². The van der Waals surface area contributed by atoms with Gasteiger partial charge < -0.3 is 9.64 Å². The summed E-state index contributed by atoms with van der Waals surface area (Å²) < 4.78 is 31.7. The van der Waals surface area contributed by atoms with Crippen molar-refractivity contribution in [3.63, 3.8) is 0 Å². The molecule has 138 valence electrons. The summed E-state index contributed by atoms with van der Waals surface area (Å²) in [6.07, 6.45) is 2.36. The number of hydrogen-bond acceptors (Lipinski definition) is 5. The Hall–Kier alpha value is -1.00. The van der Waals surface area contributed by atoms with Gasteiger partial charge in [0.2, 0.25) is 15.9 Å². The lowest BCUT2D eigenvalue weighted by Gasteiger charge is -2.44. The molecule has 0 spiro atoms. The smallest absolute Gasteiger partial charge is 0.246 e. The number of aromatic nitrogens is 1. The van der Waals surface area contributed by atoms with Crippen molar-refractivity contribution in [2.24, 2.45) is 0 Å². The van der Waals surface area contributed by atoms with Gasteiger partial charge in [-0.25, -0.2) is 13.4 Å². The molecule has 0 bridgehead atoms. The highest BCUT2D eigenvalue weighted by Crippen LogP contribution is 2.32. The predicted octanol–water partition coefficient (Wildman–Crippen LogP) is 1.84. The van der Waals surface area contributed by atoms with E-state index in [4.69, 9.17) is 16.3 Å². The van der Waals surface area contributed by atoms with Gasteiger partial charge in [0.1, 0.15) is 9.76 Å². The number of ether oxygens (including phenoxy) is 1. The van der Waals surface area contributed by atoms with Crippen LogP contribution < -0.4 is 0 Å². The van der Waals surface area contributed by atoms with Crippen LogP contribution >= 0.6 is 27.5 Å². The fourth-order valence-corrected chi connectivity index (χ4v) is 4.76. The van der Waals surface area contributed by atoms with Crippen LogP contribution in [0.5, 0.6) is 0 Å². The summed E-state index contributed by atoms with van der Waals surface area (Å²) in [6, 6.07) is 2.32. The molecule has 25 heavy (non-hydrogen) atoms. The van der Waals surface area contributed by atoms with E-state index in [0.717, 1.165) is 6.26 Å². The summed E-state index contributed by atoms with van der Waals surface area (Å²) in [7, 11) is -2.01. The van der Waals surface area contributed by atoms with Crippen LogP contribution in [-0.4, -0.2) is 67.6 Å². The number of amides is 1. The molecule has 1 saturated heterocycles. The number of rotatable bonds is 5. The quantitative estimate of drug-likeness (QED) is 0.503. The molecule has 0 unspecified atom stereocenters. The van der Waals surface area contributed by atoms with Gasteiger partial charge in [-0.15, -0.1) is 0 Å². The molecule has 2 heterocycles. The third-order valence-corrected chi connectivity index (χ3v) is 5.82. The van der Waals surface area contributed by atoms with Crippen LogP contribution in [0.25, 0.3) is 0 Å². The van der Waals surface area contributed by atoms with E-state index in [1.807, 2.05) is 0 Å². The van der Waals surface area contributed by atoms with Gasteiger partial charge in [0.15, 0.2) is 0 Å². The molecule has 2 atom stereocenters. The molecule has 0 aromatic carbocycles. The zero-order valence-corrected chi connectivity index (χ0v) is 17.0. The Morgan fingerprint density at radius 2 is 2.20 bits per heavy atom. The van der Waals surface area contributed by atoms with Crippen molar-refractivity contribution in [3.8, 4) is 0 Å². The molecule has 0 aliphatic carbocycles. The van der Waals surface area contributed by atoms with E-state index in [1.54, 1.807) is 17.0 Å². The first kappa shape index (κ1) is 20.3. The Bertz CT molecular complexity index is 754. The fraction of sp³-hybridized carbons (Fsp3) is 0.467. The first-order valence-electron chi connectivity index (χ1n) is 7.39. The maximum absolute atomic E-state index is 12.3. The van der Waals surface area contributed by atoms with Crippen molar-refractivity contribution in [2.75, 3.05) is 33.1 Å². The van der Waals surface area contributed by atoms with E-state index >= 15 is 0 Å². The normalized spacial score (nSPS) is 22.0. The van der Waals surface area contributed by atoms with Crippen molar-refractivity contribution >= 4 is 43.5 Å². The number of carbonyl (C=O) groups is 1. The summed E-state index contributed by atoms with van der Waals surface area (Å²) in [4.78, 5) is 17.9. The largest absolute Gasteiger partial charge is 0.382 e. The van der Waals surface area contributed by atoms with Crippen molar-refractivity contribution in [1.29, 1.82) is 0 Å². The SMILES string of the molecule is C=CC(=O)N1C[C@@H](c2cc(Cl)nc(Br)c2)N(S(C)(=O)=O)C[C@@H]1COC. The lowest BCUT2D eigenvalue weighted by atomic mass is 10.0. The number of hydrogen-bond donors (Lipinski definition) is 0. The van der Waals surface area contributed by atoms with Crippen LogP contribution in [0.1, 0.15) is 11.6 Å². The van der Waals surface area contributed by atoms with E-state index in [0.29, 0.717) is 10.2 Å². The molecule has 1 fully saturated rings. The van der Waals surface area contributed by atoms with E-state index in [9.17, 15) is 13.2 Å². The molecule has 1 aromatic heterocycles. The van der Waals surface area contributed by atoms with Gasteiger partial charge in [0.05, 0.1) is 24.9 Å². The Kier molecular flexibility index (Phi) is 6.61. The molecular weight excluding hydrogens is 434 g/mol. The van der Waals surface area contributed by atoms with Crippen LogP contribution in [0.3, 0.4) is 0 Å². The first-order chi connectivity index (χ1) is 11.7. The number of nitrogens with zero attached hydrogens (tertiary/aromatic N) is 3. The molecule has 1 aromatic rings. The Labute approximate surface area is 160 Å². The highest BCUT2D eigenvalue weighted by Gasteiger charge is 2.40. The second kappa shape index (κ2) is 8.13. The van der Waals surface area contributed by atoms with E-state index in [2.05, 4.69) is 27.5 Å². The minimum Gasteiger partial charge on any atom is -0.382 e. The van der Waals surface area contributed by atoms with Crippen molar-refractivity contribution < 1.29 is 17.9 Å². The van der Waals surface area contributed by atoms with Gasteiger partial charge in [0.25, 0.3) is 0 Å². The lowest BCUT2D eigenvalue weighted by Crippen LogP contribution is -2.58. The zero-order valence-electron chi connectivity index (χ0n) is 13.9. The molecule has 2 rings (SSSR count). The average molecular weight is 453 g/mol. The molecule has 1 aliphatic heterocycles. The molecule has 1 aliphatic rings. The average Bonchev–Trinajstić information content (AvgIpc) is 2.52. The zero-order chi connectivity index (χ0) is 18.8. The van der Waals surface area contributed by atoms with Crippen molar-refractivity contribution in [2.45, 2.75) is 12.1 Å². The van der Waals surface area contributed by atoms with Crippen LogP contribution in [0.2, 0.25) is 5.15 Å². The summed E-state index contributed by atoms with van der Waals surface area (Å²) in [6.45, 7) is 4.03. The summed E-state index contributed by atoms with van der Waals surface area (Å²) in [5, 5.41) is 0.235. The monoisotopic (exact) mass is 451 g/mol. The topological polar surface area (TPSA) is 79.8 Å². The van der Waals surface area contributed by atoms with Gasteiger partial charge >= 0.3 is 0 Å². The van der Waals surface area contributed by atoms with Gasteiger partial charge in [0, 0.05) is 20.2 Å². The van der Waals surface area contributed by atoms with Gasteiger partial charge in [-0.05, 0) is 39.7 Å². The lowest BCUT2D eigenvalue weighted by molar-refractivity contribution is -0.132. The number of sulfonamides is 1. The standard InChI is InChI=1S/C15H19BrClN3O4S/c1-4-15(21)19-8-12(10-5-13(16)18-14(17)6-10)20(25(3,22)23)7-11(19)9-24-2/h4-6,11-12H,1,7-9H2,2-3H3/t11-,12+/m1/s1. The molecule has 0 N–H and O–H groups in total. The maximum Gasteiger partial charge on any atom is 0.246 e. The molecule has 10 heteroatoms. The van der Waals surface area contributed by atoms with Gasteiger partial charge in [-0.2, -0.15) is 4.31 Å².